The van der Waals surface area contributed by atoms with E-state index in [-0.39, 0.29) is 14.9 Å². The summed E-state index contributed by atoms with van der Waals surface area (Å²) in [7, 11) is 0. The molecule has 0 atom stereocenters. The van der Waals surface area contributed by atoms with Crippen LogP contribution in [0.4, 0.5) is 0 Å². The second-order valence-electron chi connectivity index (χ2n) is 13.5. The van der Waals surface area contributed by atoms with E-state index in [1.165, 1.54) is 122 Å². The number of aryl methyl sites for hydroxylation is 2. The minimum absolute atomic E-state index is 0. The van der Waals surface area contributed by atoms with Crippen LogP contribution in [0.25, 0.3) is 87.2 Å². The van der Waals surface area contributed by atoms with Crippen molar-refractivity contribution in [2.24, 2.45) is 0 Å². The molecule has 0 saturated heterocycles. The summed E-state index contributed by atoms with van der Waals surface area (Å²) in [6.07, 6.45) is 0. The van der Waals surface area contributed by atoms with Gasteiger partial charge in [-0.1, -0.05) is 176 Å². The smallest absolute Gasteiger partial charge is 0.0112 e. The molecule has 2 radical (unpaired) electrons. The van der Waals surface area contributed by atoms with Crippen LogP contribution in [0, 0.1) is 28.7 Å². The van der Waals surface area contributed by atoms with Gasteiger partial charge in [0.05, 0.1) is 0 Å². The molecule has 10 rings (SSSR count). The molecule has 10 aromatic carbocycles. The molecule has 0 saturated carbocycles. The van der Waals surface area contributed by atoms with Gasteiger partial charge in [-0.15, -0.1) is 68.6 Å². The van der Waals surface area contributed by atoms with Crippen LogP contribution in [0.2, 0.25) is 0 Å². The summed E-state index contributed by atoms with van der Waals surface area (Å²) in [6, 6.07) is 66.1. The standard InChI is InChI=1S/C29H19.C21H17.2CH3.Si.Zr/c1-2-9-22-17-23(16-15-20(22)7-1)25-18-24-11-6-14-28(29(24)19-25)27-13-5-10-21-8-3-4-12-26(21)27;1-14-12-20-15(2)10-11-19(21(20)13-14)18-9-5-7-16-6-3-4-8-17(16)18;;;;/h1-19H;3-13H,1-2H3;2*1H3;;/q4*-1;;. The van der Waals surface area contributed by atoms with Crippen LogP contribution in [0.1, 0.15) is 11.1 Å². The molecule has 0 amide bonds. The van der Waals surface area contributed by atoms with Crippen LogP contribution in [-0.2, 0) is 23.3 Å². The first-order valence-electron chi connectivity index (χ1n) is 17.7. The van der Waals surface area contributed by atoms with E-state index in [4.69, 9.17) is 0 Å². The van der Waals surface area contributed by atoms with Gasteiger partial charge in [-0.05, 0) is 43.4 Å². The predicted molar refractivity (Wildman–Crippen MR) is 236 cm³/mol. The van der Waals surface area contributed by atoms with E-state index in [0.717, 1.165) is 0 Å². The second-order valence-corrected chi connectivity index (χ2v) is 13.5. The van der Waals surface area contributed by atoms with Crippen LogP contribution in [0.15, 0.2) is 182 Å². The Morgan fingerprint density at radius 3 is 1.57 bits per heavy atom. The number of benzene rings is 8. The molecule has 2 heteroatoms. The molecule has 0 aliphatic carbocycles. The van der Waals surface area contributed by atoms with Gasteiger partial charge in [0.2, 0.25) is 0 Å². The maximum atomic E-state index is 3.06. The SMILES string of the molecule is Cc1cc2c(-c3cccc4ccccc34)ccc(C)c2[cH-]1.[CH3-].[CH3-].[Si]=[Zr].c1ccc2cc(-c3cc4c(-c5cccc6ccccc56)cccc4[cH-]3)ccc2c1. The van der Waals surface area contributed by atoms with Crippen molar-refractivity contribution in [3.63, 3.8) is 0 Å². The molecule has 0 aromatic heterocycles. The van der Waals surface area contributed by atoms with Crippen molar-refractivity contribution >= 4 is 60.7 Å². The molecular weight excluding hydrogens is 744 g/mol. The van der Waals surface area contributed by atoms with Gasteiger partial charge >= 0.3 is 30.2 Å². The van der Waals surface area contributed by atoms with Gasteiger partial charge in [-0.25, -0.2) is 0 Å². The molecule has 0 aliphatic rings. The van der Waals surface area contributed by atoms with Crippen molar-refractivity contribution in [1.29, 1.82) is 0 Å². The van der Waals surface area contributed by atoms with Gasteiger partial charge in [0.15, 0.2) is 0 Å². The van der Waals surface area contributed by atoms with E-state index in [9.17, 15) is 0 Å². The van der Waals surface area contributed by atoms with E-state index in [1.807, 2.05) is 0 Å². The summed E-state index contributed by atoms with van der Waals surface area (Å²) < 4.78 is 0. The third-order valence-corrected chi connectivity index (χ3v) is 10.2. The quantitative estimate of drug-likeness (QED) is 0.124. The Morgan fingerprint density at radius 1 is 0.407 bits per heavy atom. The molecule has 0 nitrogen and oxygen atoms in total. The van der Waals surface area contributed by atoms with Crippen molar-refractivity contribution in [3.05, 3.63) is 208 Å². The third-order valence-electron chi connectivity index (χ3n) is 10.2. The molecule has 0 heterocycles. The van der Waals surface area contributed by atoms with Gasteiger partial charge in [0, 0.05) is 0 Å². The fourth-order valence-electron chi connectivity index (χ4n) is 7.75. The van der Waals surface area contributed by atoms with Crippen LogP contribution in [-0.4, -0.2) is 6.88 Å². The van der Waals surface area contributed by atoms with E-state index in [1.54, 1.807) is 0 Å². The first-order valence-corrected chi connectivity index (χ1v) is 21.9. The average molecular weight is 786 g/mol. The molecule has 0 spiro atoms. The summed E-state index contributed by atoms with van der Waals surface area (Å²) in [5.41, 5.74) is 10.5. The van der Waals surface area contributed by atoms with Crippen LogP contribution in [0.5, 0.6) is 0 Å². The molecule has 0 fully saturated rings. The maximum Gasteiger partial charge on any atom is -0.0112 e. The van der Waals surface area contributed by atoms with Crippen molar-refractivity contribution < 1.29 is 23.3 Å². The zero-order valence-electron chi connectivity index (χ0n) is 31.3. The largest absolute Gasteiger partial charge is 0.144 e. The first kappa shape index (κ1) is 38.6. The Morgan fingerprint density at radius 2 is 0.926 bits per heavy atom. The summed E-state index contributed by atoms with van der Waals surface area (Å²) in [5.74, 6) is 0. The summed E-state index contributed by atoms with van der Waals surface area (Å²) in [6.45, 7) is 7.42. The van der Waals surface area contributed by atoms with Crippen molar-refractivity contribution in [1.82, 2.24) is 0 Å². The van der Waals surface area contributed by atoms with Gasteiger partial charge in [-0.2, -0.15) is 6.07 Å². The van der Waals surface area contributed by atoms with Crippen LogP contribution >= 0.6 is 0 Å². The molecule has 0 aliphatic heterocycles. The summed E-state index contributed by atoms with van der Waals surface area (Å²) in [5, 5.41) is 13.1. The molecule has 10 aromatic rings. The topological polar surface area (TPSA) is 0 Å². The number of fused-ring (bicyclic) bond motifs is 5. The minimum Gasteiger partial charge on any atom is -0.144 e. The molecule has 262 valence electrons. The molecule has 0 N–H and O–H groups in total. The second kappa shape index (κ2) is 16.9. The number of rotatable bonds is 3. The van der Waals surface area contributed by atoms with Gasteiger partial charge in [0.25, 0.3) is 0 Å². The van der Waals surface area contributed by atoms with E-state index in [0.29, 0.717) is 0 Å². The molecule has 54 heavy (non-hydrogen) atoms. The van der Waals surface area contributed by atoms with E-state index in [2.05, 4.69) is 203 Å². The Bertz CT molecular complexity index is 2860. The Labute approximate surface area is 337 Å². The normalized spacial score (nSPS) is 10.6. The maximum absolute atomic E-state index is 3.06. The molecule has 0 unspecified atom stereocenters. The van der Waals surface area contributed by atoms with Crippen LogP contribution in [0.3, 0.4) is 0 Å². The van der Waals surface area contributed by atoms with Gasteiger partial charge in [0.1, 0.15) is 0 Å². The van der Waals surface area contributed by atoms with Crippen molar-refractivity contribution in [2.75, 3.05) is 0 Å². The number of hydrogen-bond donors (Lipinski definition) is 0. The predicted octanol–water partition coefficient (Wildman–Crippen LogP) is 14.7. The third kappa shape index (κ3) is 7.34. The first-order chi connectivity index (χ1) is 25.6. The zero-order valence-corrected chi connectivity index (χ0v) is 34.8. The average Bonchev–Trinajstić information content (AvgIpc) is 3.83. The minimum atomic E-state index is 0. The fraction of sp³-hybridized carbons (Fsp3) is 0.0385. The summed E-state index contributed by atoms with van der Waals surface area (Å²) in [4.78, 5) is 0. The fourth-order valence-corrected chi connectivity index (χ4v) is 7.75. The Balaban J connectivity index is 0.000000178. The van der Waals surface area contributed by atoms with E-state index >= 15 is 0 Å². The molecule has 0 bridgehead atoms. The van der Waals surface area contributed by atoms with Crippen LogP contribution < -0.4 is 0 Å². The van der Waals surface area contributed by atoms with Gasteiger partial charge in [-0.3, -0.25) is 0 Å². The Hall–Kier alpha value is -5.14. The van der Waals surface area contributed by atoms with E-state index < -0.39 is 0 Å². The van der Waals surface area contributed by atoms with Gasteiger partial charge < -0.3 is 14.9 Å². The summed E-state index contributed by atoms with van der Waals surface area (Å²) >= 11 is 1.36. The Kier molecular flexibility index (Phi) is 12.1. The monoisotopic (exact) mass is 784 g/mol. The molecular formula is C52H42SiZr-4. The van der Waals surface area contributed by atoms with Crippen molar-refractivity contribution in [2.45, 2.75) is 13.8 Å². The zero-order chi connectivity index (χ0) is 35.6. The van der Waals surface area contributed by atoms with Crippen molar-refractivity contribution in [3.8, 4) is 33.4 Å². The number of hydrogen-bond acceptors (Lipinski definition) is 0.